The fourth-order valence-electron chi connectivity index (χ4n) is 4.91. The van der Waals surface area contributed by atoms with Gasteiger partial charge in [-0.25, -0.2) is 4.68 Å². The van der Waals surface area contributed by atoms with Gasteiger partial charge in [-0.15, -0.1) is 5.10 Å². The average molecular weight is 383 g/mol. The molecule has 0 unspecified atom stereocenters. The molecule has 2 heterocycles. The minimum absolute atomic E-state index is 0.335. The van der Waals surface area contributed by atoms with E-state index in [4.69, 9.17) is 0 Å². The Hall–Kier alpha value is -1.95. The lowest BCUT2D eigenvalue weighted by Gasteiger charge is -2.40. The average Bonchev–Trinajstić information content (AvgIpc) is 3.40. The molecule has 2 aliphatic rings. The lowest BCUT2D eigenvalue weighted by molar-refractivity contribution is 0.161. The van der Waals surface area contributed by atoms with Gasteiger partial charge in [0.15, 0.2) is 5.82 Å². The molecule has 0 radical (unpaired) electrons. The Kier molecular flexibility index (Phi) is 5.95. The van der Waals surface area contributed by atoms with Crippen LogP contribution in [0.25, 0.3) is 0 Å². The summed E-state index contributed by atoms with van der Waals surface area (Å²) >= 11 is 0. The summed E-state index contributed by atoms with van der Waals surface area (Å²) in [4.78, 5) is 5.16. The van der Waals surface area contributed by atoms with Gasteiger partial charge >= 0.3 is 0 Å². The van der Waals surface area contributed by atoms with Gasteiger partial charge in [-0.1, -0.05) is 38.3 Å². The molecule has 6 heteroatoms. The molecule has 0 spiro atoms. The third-order valence-corrected chi connectivity index (χ3v) is 6.51. The fraction of sp³-hybridized carbons (Fsp3) is 0.682. The summed E-state index contributed by atoms with van der Waals surface area (Å²) in [5, 5.41) is 13.0. The summed E-state index contributed by atoms with van der Waals surface area (Å²) in [6, 6.07) is 7.61. The molecule has 0 amide bonds. The molecule has 1 aromatic carbocycles. The number of nitrogens with zero attached hydrogens (tertiary/aromatic N) is 6. The van der Waals surface area contributed by atoms with Crippen molar-refractivity contribution < 1.29 is 0 Å². The van der Waals surface area contributed by atoms with Crippen LogP contribution in [0, 0.1) is 13.8 Å². The standard InChI is InChI=1S/C22H34N6/c1-4-7-20(22-23-24-25-28(22)19-8-5-6-9-19)26-12-14-27(15-13-26)21-16-17(2)10-11-18(21)3/h10-11,16,19-20H,4-9,12-15H2,1-3H3/t20-/m0/s1. The minimum atomic E-state index is 0.335. The van der Waals surface area contributed by atoms with E-state index in [1.165, 1.54) is 42.5 Å². The van der Waals surface area contributed by atoms with Crippen LogP contribution in [-0.2, 0) is 0 Å². The van der Waals surface area contributed by atoms with Crippen molar-refractivity contribution in [2.24, 2.45) is 0 Å². The normalized spacial score (nSPS) is 20.0. The number of tetrazole rings is 1. The molecule has 1 aliphatic carbocycles. The summed E-state index contributed by atoms with van der Waals surface area (Å²) < 4.78 is 2.16. The summed E-state index contributed by atoms with van der Waals surface area (Å²) in [6.07, 6.45) is 7.32. The van der Waals surface area contributed by atoms with Crippen LogP contribution in [0.2, 0.25) is 0 Å². The molecule has 2 fully saturated rings. The molecule has 1 aliphatic heterocycles. The molecule has 1 aromatic heterocycles. The Morgan fingerprint density at radius 2 is 1.82 bits per heavy atom. The molecule has 0 N–H and O–H groups in total. The first-order chi connectivity index (χ1) is 13.7. The molecular formula is C22H34N6. The summed E-state index contributed by atoms with van der Waals surface area (Å²) in [7, 11) is 0. The van der Waals surface area contributed by atoms with Crippen LogP contribution in [0.3, 0.4) is 0 Å². The Morgan fingerprint density at radius 3 is 2.54 bits per heavy atom. The van der Waals surface area contributed by atoms with Crippen LogP contribution in [-0.4, -0.2) is 51.3 Å². The number of anilines is 1. The smallest absolute Gasteiger partial charge is 0.168 e. The zero-order valence-electron chi connectivity index (χ0n) is 17.6. The highest BCUT2D eigenvalue weighted by atomic mass is 15.6. The monoisotopic (exact) mass is 382 g/mol. The van der Waals surface area contributed by atoms with Crippen LogP contribution in [0.4, 0.5) is 5.69 Å². The van der Waals surface area contributed by atoms with Crippen LogP contribution >= 0.6 is 0 Å². The molecule has 1 atom stereocenters. The number of hydrogen-bond donors (Lipinski definition) is 0. The van der Waals surface area contributed by atoms with Crippen LogP contribution < -0.4 is 4.90 Å². The number of aryl methyl sites for hydroxylation is 2. The molecule has 2 aromatic rings. The number of hydrogen-bond acceptors (Lipinski definition) is 5. The first kappa shape index (κ1) is 19.4. The highest BCUT2D eigenvalue weighted by molar-refractivity contribution is 5.55. The Labute approximate surface area is 168 Å². The van der Waals surface area contributed by atoms with E-state index in [9.17, 15) is 0 Å². The third kappa shape index (κ3) is 3.93. The highest BCUT2D eigenvalue weighted by Crippen LogP contribution is 2.33. The number of benzene rings is 1. The topological polar surface area (TPSA) is 50.1 Å². The van der Waals surface area contributed by atoms with E-state index in [2.05, 4.69) is 69.0 Å². The van der Waals surface area contributed by atoms with Crippen LogP contribution in [0.5, 0.6) is 0 Å². The van der Waals surface area contributed by atoms with Gasteiger partial charge in [0.05, 0.1) is 12.1 Å². The molecule has 1 saturated carbocycles. The van der Waals surface area contributed by atoms with Gasteiger partial charge in [-0.05, 0) is 60.7 Å². The van der Waals surface area contributed by atoms with Crippen molar-refractivity contribution in [3.05, 3.63) is 35.2 Å². The van der Waals surface area contributed by atoms with Crippen LogP contribution in [0.15, 0.2) is 18.2 Å². The van der Waals surface area contributed by atoms with Crippen molar-refractivity contribution in [2.45, 2.75) is 71.4 Å². The molecule has 0 bridgehead atoms. The Morgan fingerprint density at radius 1 is 1.07 bits per heavy atom. The van der Waals surface area contributed by atoms with E-state index in [1.807, 2.05) is 0 Å². The zero-order chi connectivity index (χ0) is 19.5. The van der Waals surface area contributed by atoms with Gasteiger partial charge in [0, 0.05) is 31.9 Å². The second kappa shape index (κ2) is 8.60. The van der Waals surface area contributed by atoms with Crippen molar-refractivity contribution in [1.29, 1.82) is 0 Å². The van der Waals surface area contributed by atoms with Gasteiger partial charge in [0.2, 0.25) is 0 Å². The predicted molar refractivity (Wildman–Crippen MR) is 113 cm³/mol. The SMILES string of the molecule is CCC[C@@H](c1nnnn1C1CCCC1)N1CCN(c2cc(C)ccc2C)CC1. The van der Waals surface area contributed by atoms with Gasteiger partial charge < -0.3 is 4.90 Å². The summed E-state index contributed by atoms with van der Waals surface area (Å²) in [5.74, 6) is 1.09. The lowest BCUT2D eigenvalue weighted by atomic mass is 10.1. The molecule has 4 rings (SSSR count). The maximum Gasteiger partial charge on any atom is 0.168 e. The van der Waals surface area contributed by atoms with Crippen molar-refractivity contribution >= 4 is 5.69 Å². The molecule has 1 saturated heterocycles. The second-order valence-electron chi connectivity index (χ2n) is 8.54. The number of aromatic nitrogens is 4. The summed E-state index contributed by atoms with van der Waals surface area (Å²) in [5.41, 5.74) is 4.10. The second-order valence-corrected chi connectivity index (χ2v) is 8.54. The predicted octanol–water partition coefficient (Wildman–Crippen LogP) is 4.07. The maximum absolute atomic E-state index is 4.50. The van der Waals surface area contributed by atoms with Gasteiger partial charge in [-0.2, -0.15) is 0 Å². The first-order valence-corrected chi connectivity index (χ1v) is 11.0. The Bertz CT molecular complexity index is 771. The van der Waals surface area contributed by atoms with E-state index in [-0.39, 0.29) is 0 Å². The highest BCUT2D eigenvalue weighted by Gasteiger charge is 2.31. The molecule has 152 valence electrons. The van der Waals surface area contributed by atoms with Crippen LogP contribution in [0.1, 0.15) is 74.5 Å². The third-order valence-electron chi connectivity index (χ3n) is 6.51. The van der Waals surface area contributed by atoms with E-state index >= 15 is 0 Å². The van der Waals surface area contributed by atoms with Crippen molar-refractivity contribution in [3.63, 3.8) is 0 Å². The zero-order valence-corrected chi connectivity index (χ0v) is 17.6. The van der Waals surface area contributed by atoms with Gasteiger partial charge in [0.25, 0.3) is 0 Å². The largest absolute Gasteiger partial charge is 0.369 e. The van der Waals surface area contributed by atoms with Crippen molar-refractivity contribution in [2.75, 3.05) is 31.1 Å². The van der Waals surface area contributed by atoms with E-state index in [1.54, 1.807) is 0 Å². The van der Waals surface area contributed by atoms with Crippen molar-refractivity contribution in [1.82, 2.24) is 25.1 Å². The van der Waals surface area contributed by atoms with E-state index in [0.29, 0.717) is 12.1 Å². The Balaban J connectivity index is 1.49. The van der Waals surface area contributed by atoms with Gasteiger partial charge in [0.1, 0.15) is 0 Å². The molecule has 6 nitrogen and oxygen atoms in total. The molecular weight excluding hydrogens is 348 g/mol. The van der Waals surface area contributed by atoms with Gasteiger partial charge in [-0.3, -0.25) is 4.90 Å². The lowest BCUT2D eigenvalue weighted by Crippen LogP contribution is -2.48. The first-order valence-electron chi connectivity index (χ1n) is 11.0. The van der Waals surface area contributed by atoms with E-state index in [0.717, 1.165) is 44.8 Å². The molecule has 28 heavy (non-hydrogen) atoms. The van der Waals surface area contributed by atoms with E-state index < -0.39 is 0 Å². The minimum Gasteiger partial charge on any atom is -0.369 e. The quantitative estimate of drug-likeness (QED) is 0.754. The fourth-order valence-corrected chi connectivity index (χ4v) is 4.91. The summed E-state index contributed by atoms with van der Waals surface area (Å²) in [6.45, 7) is 10.9. The van der Waals surface area contributed by atoms with Crippen molar-refractivity contribution in [3.8, 4) is 0 Å². The number of rotatable bonds is 6. The maximum atomic E-state index is 4.50. The number of piperazine rings is 1.